The smallest absolute Gasteiger partial charge is 0.328 e. The van der Waals surface area contributed by atoms with Gasteiger partial charge in [-0.15, -0.1) is 0 Å². The Labute approximate surface area is 241 Å². The molecule has 0 radical (unpaired) electrons. The van der Waals surface area contributed by atoms with Crippen molar-refractivity contribution in [2.24, 2.45) is 0 Å². The van der Waals surface area contributed by atoms with Crippen molar-refractivity contribution in [1.82, 2.24) is 21.3 Å². The topological polar surface area (TPSA) is 137 Å². The van der Waals surface area contributed by atoms with E-state index in [4.69, 9.17) is 23.2 Å². The summed E-state index contributed by atoms with van der Waals surface area (Å²) in [7, 11) is 0. The lowest BCUT2D eigenvalue weighted by molar-refractivity contribution is -0.139. The number of rotatable bonds is 9. The van der Waals surface area contributed by atoms with Crippen LogP contribution >= 0.6 is 23.2 Å². The molecule has 4 amide bonds. The summed E-state index contributed by atoms with van der Waals surface area (Å²) in [6.45, 7) is 1.44. The van der Waals surface area contributed by atoms with Gasteiger partial charge in [0.05, 0.1) is 34.2 Å². The highest BCUT2D eigenvalue weighted by atomic mass is 35.5. The van der Waals surface area contributed by atoms with Crippen LogP contribution in [0, 0.1) is 0 Å². The molecule has 0 saturated carbocycles. The zero-order chi connectivity index (χ0) is 28.8. The number of hydrogen-bond acceptors (Lipinski definition) is 4. The van der Waals surface area contributed by atoms with Crippen LogP contribution in [0.15, 0.2) is 66.7 Å². The van der Waals surface area contributed by atoms with Gasteiger partial charge in [0.2, 0.25) is 0 Å². The monoisotopic (exact) mass is 582 g/mol. The van der Waals surface area contributed by atoms with Crippen molar-refractivity contribution in [2.75, 3.05) is 6.54 Å². The van der Waals surface area contributed by atoms with Gasteiger partial charge in [-0.05, 0) is 48.6 Å². The van der Waals surface area contributed by atoms with Gasteiger partial charge in [0, 0.05) is 5.56 Å². The maximum atomic E-state index is 12.9. The molecule has 40 heavy (non-hydrogen) atoms. The van der Waals surface area contributed by atoms with E-state index in [1.54, 1.807) is 0 Å². The Morgan fingerprint density at radius 2 is 1.57 bits per heavy atom. The largest absolute Gasteiger partial charge is 0.480 e. The van der Waals surface area contributed by atoms with E-state index in [1.165, 1.54) is 12.1 Å². The van der Waals surface area contributed by atoms with Gasteiger partial charge in [0.1, 0.15) is 6.04 Å². The van der Waals surface area contributed by atoms with Crippen LogP contribution in [-0.4, -0.2) is 41.5 Å². The Bertz CT molecular complexity index is 1410. The summed E-state index contributed by atoms with van der Waals surface area (Å²) < 4.78 is 0. The van der Waals surface area contributed by atoms with Crippen LogP contribution < -0.4 is 21.3 Å². The van der Waals surface area contributed by atoms with Gasteiger partial charge in [0.15, 0.2) is 0 Å². The number of amides is 4. The van der Waals surface area contributed by atoms with E-state index in [2.05, 4.69) is 21.3 Å². The number of halogens is 2. The van der Waals surface area contributed by atoms with Crippen LogP contribution in [0.1, 0.15) is 62.8 Å². The van der Waals surface area contributed by atoms with Crippen molar-refractivity contribution in [1.29, 1.82) is 0 Å². The minimum absolute atomic E-state index is 0.128. The van der Waals surface area contributed by atoms with E-state index < -0.39 is 29.9 Å². The number of carbonyl (C=O) groups excluding carboxylic acids is 3. The summed E-state index contributed by atoms with van der Waals surface area (Å²) in [5.41, 5.74) is 3.03. The van der Waals surface area contributed by atoms with Gasteiger partial charge in [-0.3, -0.25) is 9.59 Å². The van der Waals surface area contributed by atoms with Gasteiger partial charge in [-0.1, -0.05) is 77.8 Å². The molecule has 0 spiro atoms. The second-order valence-electron chi connectivity index (χ2n) is 9.43. The van der Waals surface area contributed by atoms with Crippen LogP contribution in [-0.2, 0) is 11.2 Å². The van der Waals surface area contributed by atoms with Crippen LogP contribution in [0.4, 0.5) is 4.79 Å². The van der Waals surface area contributed by atoms with Crippen molar-refractivity contribution < 1.29 is 24.3 Å². The molecule has 4 rings (SSSR count). The number of carboxylic acid groups (broad SMARTS) is 1. The molecular formula is C29H28Cl2N4O5. The molecule has 1 aliphatic rings. The Balaban J connectivity index is 1.36. The number of fused-ring (bicyclic) bond motifs is 1. The third kappa shape index (κ3) is 6.91. The number of aliphatic carboxylic acids is 1. The van der Waals surface area contributed by atoms with E-state index in [0.717, 1.165) is 29.5 Å². The first-order chi connectivity index (χ1) is 19.1. The highest BCUT2D eigenvalue weighted by molar-refractivity contribution is 6.40. The Hall–Kier alpha value is -4.08. The minimum atomic E-state index is -1.46. The molecule has 208 valence electrons. The van der Waals surface area contributed by atoms with Gasteiger partial charge in [-0.25, -0.2) is 9.59 Å². The molecule has 0 fully saturated rings. The van der Waals surface area contributed by atoms with Crippen molar-refractivity contribution in [3.63, 3.8) is 0 Å². The summed E-state index contributed by atoms with van der Waals surface area (Å²) in [5, 5.41) is 19.9. The summed E-state index contributed by atoms with van der Waals surface area (Å²) >= 11 is 12.6. The first-order valence-electron chi connectivity index (χ1n) is 12.6. The molecule has 0 bridgehead atoms. The SMILES string of the molecule is CC(NC(=O)c1cc(Cl)c(C(=O)NC(CNC(=O)NC2CCc3ccccc32)C(=O)O)c(Cl)c1)c1ccccc1. The van der Waals surface area contributed by atoms with E-state index in [-0.39, 0.29) is 39.8 Å². The van der Waals surface area contributed by atoms with Crippen LogP contribution in [0.5, 0.6) is 0 Å². The fourth-order valence-electron chi connectivity index (χ4n) is 4.57. The van der Waals surface area contributed by atoms with E-state index in [1.807, 2.05) is 61.5 Å². The Morgan fingerprint density at radius 1 is 0.925 bits per heavy atom. The number of carboxylic acids is 1. The predicted octanol–water partition coefficient (Wildman–Crippen LogP) is 4.65. The molecule has 0 heterocycles. The summed E-state index contributed by atoms with van der Waals surface area (Å²) in [6.07, 6.45) is 1.57. The van der Waals surface area contributed by atoms with Gasteiger partial charge in [-0.2, -0.15) is 0 Å². The van der Waals surface area contributed by atoms with Crippen molar-refractivity contribution in [2.45, 2.75) is 37.9 Å². The summed E-state index contributed by atoms with van der Waals surface area (Å²) in [4.78, 5) is 50.0. The second kappa shape index (κ2) is 12.8. The number of carbonyl (C=O) groups is 4. The van der Waals surface area contributed by atoms with Crippen molar-refractivity contribution >= 4 is 47.0 Å². The number of urea groups is 1. The maximum absolute atomic E-state index is 12.9. The third-order valence-electron chi connectivity index (χ3n) is 6.69. The summed E-state index contributed by atoms with van der Waals surface area (Å²) in [6, 6.07) is 17.2. The fraction of sp³-hybridized carbons (Fsp3) is 0.241. The standard InChI is InChI=1S/C29H28Cl2N4O5/c1-16(17-7-3-2-4-8-17)33-26(36)19-13-21(30)25(22(31)14-19)27(37)34-24(28(38)39)15-32-29(40)35-23-12-11-18-9-5-6-10-20(18)23/h2-10,13-14,16,23-24H,11-12,15H2,1H3,(H,33,36)(H,34,37)(H,38,39)(H2,32,35,40). The molecule has 9 nitrogen and oxygen atoms in total. The third-order valence-corrected chi connectivity index (χ3v) is 7.28. The zero-order valence-corrected chi connectivity index (χ0v) is 23.1. The average Bonchev–Trinajstić information content (AvgIpc) is 3.33. The predicted molar refractivity (Wildman–Crippen MR) is 152 cm³/mol. The maximum Gasteiger partial charge on any atom is 0.328 e. The molecular weight excluding hydrogens is 555 g/mol. The first kappa shape index (κ1) is 28.9. The van der Waals surface area contributed by atoms with E-state index >= 15 is 0 Å². The molecule has 5 N–H and O–H groups in total. The van der Waals surface area contributed by atoms with Crippen LogP contribution in [0.2, 0.25) is 10.0 Å². The van der Waals surface area contributed by atoms with Crippen LogP contribution in [0.25, 0.3) is 0 Å². The van der Waals surface area contributed by atoms with E-state index in [0.29, 0.717) is 0 Å². The number of aryl methyl sites for hydroxylation is 1. The quantitative estimate of drug-likeness (QED) is 0.250. The molecule has 3 atom stereocenters. The molecule has 1 aliphatic carbocycles. The molecule has 3 unspecified atom stereocenters. The number of hydrogen-bond donors (Lipinski definition) is 5. The molecule has 0 aromatic heterocycles. The highest BCUT2D eigenvalue weighted by Crippen LogP contribution is 2.30. The van der Waals surface area contributed by atoms with Crippen molar-refractivity contribution in [3.8, 4) is 0 Å². The molecule has 3 aromatic carbocycles. The number of benzene rings is 3. The summed E-state index contributed by atoms with van der Waals surface area (Å²) in [5.74, 6) is -2.67. The Morgan fingerprint density at radius 3 is 2.25 bits per heavy atom. The van der Waals surface area contributed by atoms with Gasteiger partial charge < -0.3 is 26.4 Å². The van der Waals surface area contributed by atoms with Gasteiger partial charge in [0.25, 0.3) is 11.8 Å². The molecule has 3 aromatic rings. The molecule has 0 saturated heterocycles. The normalized spacial score (nSPS) is 15.3. The Kier molecular flexibility index (Phi) is 9.29. The lowest BCUT2D eigenvalue weighted by Gasteiger charge is -2.19. The van der Waals surface area contributed by atoms with E-state index in [9.17, 15) is 24.3 Å². The van der Waals surface area contributed by atoms with Crippen molar-refractivity contribution in [3.05, 3.63) is 105 Å². The lowest BCUT2D eigenvalue weighted by atomic mass is 10.1. The second-order valence-corrected chi connectivity index (χ2v) is 10.2. The van der Waals surface area contributed by atoms with Gasteiger partial charge >= 0.3 is 12.0 Å². The minimum Gasteiger partial charge on any atom is -0.480 e. The average molecular weight is 583 g/mol. The van der Waals surface area contributed by atoms with Crippen LogP contribution in [0.3, 0.4) is 0 Å². The zero-order valence-electron chi connectivity index (χ0n) is 21.5. The lowest BCUT2D eigenvalue weighted by Crippen LogP contribution is -2.50. The highest BCUT2D eigenvalue weighted by Gasteiger charge is 2.27. The molecule has 11 heteroatoms. The first-order valence-corrected chi connectivity index (χ1v) is 13.4. The fourth-order valence-corrected chi connectivity index (χ4v) is 5.23. The molecule has 0 aliphatic heterocycles. The number of nitrogens with one attached hydrogen (secondary N) is 4.